The number of carbonyl (C=O) groups excluding carboxylic acids is 1. The van der Waals surface area contributed by atoms with E-state index < -0.39 is 0 Å². The number of hydrogen-bond acceptors (Lipinski definition) is 4. The van der Waals surface area contributed by atoms with Crippen molar-refractivity contribution in [3.8, 4) is 17.2 Å². The molecule has 1 amide bonds. The normalized spacial score (nSPS) is 14.9. The topological polar surface area (TPSA) is 48.0 Å². The Bertz CT molecular complexity index is 1400. The summed E-state index contributed by atoms with van der Waals surface area (Å²) in [7, 11) is 3.28. The second-order valence-electron chi connectivity index (χ2n) is 9.33. The number of aryl methyl sites for hydroxylation is 2. The van der Waals surface area contributed by atoms with Gasteiger partial charge < -0.3 is 19.1 Å². The maximum Gasteiger partial charge on any atom is 0.255 e. The molecule has 4 aromatic carbocycles. The second-order valence-corrected chi connectivity index (χ2v) is 9.33. The van der Waals surface area contributed by atoms with Gasteiger partial charge in [0.2, 0.25) is 0 Å². The zero-order chi connectivity index (χ0) is 25.2. The van der Waals surface area contributed by atoms with Crippen LogP contribution in [0.4, 0.5) is 0 Å². The third kappa shape index (κ3) is 4.49. The van der Waals surface area contributed by atoms with Crippen molar-refractivity contribution in [2.75, 3.05) is 27.4 Å². The molecule has 1 heterocycles. The molecule has 0 aliphatic carbocycles. The predicted octanol–water partition coefficient (Wildman–Crippen LogP) is 6.29. The fourth-order valence-electron chi connectivity index (χ4n) is 5.21. The quantitative estimate of drug-likeness (QED) is 0.325. The molecule has 1 aliphatic rings. The highest BCUT2D eigenvalue weighted by Gasteiger charge is 2.34. The summed E-state index contributed by atoms with van der Waals surface area (Å²) in [6.45, 7) is 5.04. The smallest absolute Gasteiger partial charge is 0.255 e. The fraction of sp³-hybridized carbons (Fsp3) is 0.258. The van der Waals surface area contributed by atoms with Gasteiger partial charge in [0.25, 0.3) is 5.91 Å². The van der Waals surface area contributed by atoms with Crippen molar-refractivity contribution < 1.29 is 19.0 Å². The molecule has 1 aliphatic heterocycles. The molecule has 0 aromatic heterocycles. The average Bonchev–Trinajstić information content (AvgIpc) is 2.89. The van der Waals surface area contributed by atoms with Crippen molar-refractivity contribution in [2.24, 2.45) is 0 Å². The summed E-state index contributed by atoms with van der Waals surface area (Å²) in [5.74, 6) is 2.14. The van der Waals surface area contributed by atoms with Crippen LogP contribution < -0.4 is 14.2 Å². The minimum atomic E-state index is -0.277. The van der Waals surface area contributed by atoms with Gasteiger partial charge in [0.15, 0.2) is 11.5 Å². The van der Waals surface area contributed by atoms with Crippen molar-refractivity contribution in [1.29, 1.82) is 0 Å². The Kier molecular flexibility index (Phi) is 6.55. The first-order valence-electron chi connectivity index (χ1n) is 12.2. The number of rotatable bonds is 6. The van der Waals surface area contributed by atoms with Gasteiger partial charge in [0.05, 0.1) is 20.3 Å². The van der Waals surface area contributed by atoms with Gasteiger partial charge in [0, 0.05) is 12.1 Å². The molecule has 184 valence electrons. The van der Waals surface area contributed by atoms with Crippen molar-refractivity contribution in [3.63, 3.8) is 0 Å². The molecule has 1 atom stereocenters. The zero-order valence-corrected chi connectivity index (χ0v) is 21.2. The molecule has 5 heteroatoms. The number of amides is 1. The minimum absolute atomic E-state index is 0.00116. The Morgan fingerprint density at radius 3 is 2.33 bits per heavy atom. The molecular weight excluding hydrogens is 450 g/mol. The van der Waals surface area contributed by atoms with Gasteiger partial charge in [-0.05, 0) is 83.6 Å². The Morgan fingerprint density at radius 2 is 1.58 bits per heavy atom. The number of methoxy groups -OCH3 is 2. The first kappa shape index (κ1) is 23.7. The van der Waals surface area contributed by atoms with Crippen LogP contribution in [0.25, 0.3) is 10.8 Å². The molecule has 36 heavy (non-hydrogen) atoms. The van der Waals surface area contributed by atoms with Gasteiger partial charge >= 0.3 is 0 Å². The molecule has 0 fully saturated rings. The lowest BCUT2D eigenvalue weighted by Gasteiger charge is -2.38. The van der Waals surface area contributed by atoms with Gasteiger partial charge in [0.1, 0.15) is 12.4 Å². The monoisotopic (exact) mass is 481 g/mol. The molecule has 0 saturated carbocycles. The highest BCUT2D eigenvalue weighted by atomic mass is 16.5. The Morgan fingerprint density at radius 1 is 0.889 bits per heavy atom. The number of carbonyl (C=O) groups is 1. The van der Waals surface area contributed by atoms with Crippen LogP contribution in [0.15, 0.2) is 72.8 Å². The Balaban J connectivity index is 1.56. The summed E-state index contributed by atoms with van der Waals surface area (Å²) in [6.07, 6.45) is 0.728. The molecule has 4 aromatic rings. The van der Waals surface area contributed by atoms with E-state index in [-0.39, 0.29) is 11.9 Å². The highest BCUT2D eigenvalue weighted by Crippen LogP contribution is 2.39. The maximum absolute atomic E-state index is 14.0. The van der Waals surface area contributed by atoms with Crippen LogP contribution in [0.5, 0.6) is 17.2 Å². The molecule has 0 bridgehead atoms. The first-order chi connectivity index (χ1) is 17.5. The summed E-state index contributed by atoms with van der Waals surface area (Å²) in [4.78, 5) is 16.0. The van der Waals surface area contributed by atoms with E-state index >= 15 is 0 Å². The van der Waals surface area contributed by atoms with Gasteiger partial charge in [-0.3, -0.25) is 4.79 Å². The van der Waals surface area contributed by atoms with E-state index in [2.05, 4.69) is 19.9 Å². The number of benzene rings is 4. The van der Waals surface area contributed by atoms with Gasteiger partial charge in [-0.2, -0.15) is 0 Å². The molecule has 0 unspecified atom stereocenters. The summed E-state index contributed by atoms with van der Waals surface area (Å²) in [5, 5.41) is 2.01. The lowest BCUT2D eigenvalue weighted by molar-refractivity contribution is 0.0591. The lowest BCUT2D eigenvalue weighted by atomic mass is 9.91. The molecule has 5 nitrogen and oxygen atoms in total. The van der Waals surface area contributed by atoms with Crippen LogP contribution in [-0.2, 0) is 6.42 Å². The van der Waals surface area contributed by atoms with Crippen LogP contribution >= 0.6 is 0 Å². The largest absolute Gasteiger partial charge is 0.493 e. The van der Waals surface area contributed by atoms with Crippen molar-refractivity contribution >= 4 is 16.7 Å². The fourth-order valence-corrected chi connectivity index (χ4v) is 5.21. The van der Waals surface area contributed by atoms with Crippen LogP contribution in [0.3, 0.4) is 0 Å². The summed E-state index contributed by atoms with van der Waals surface area (Å²) in [5.41, 5.74) is 5.15. The van der Waals surface area contributed by atoms with Crippen LogP contribution in [0.2, 0.25) is 0 Å². The second kappa shape index (κ2) is 9.94. The minimum Gasteiger partial charge on any atom is -0.493 e. The number of nitrogens with zero attached hydrogens (tertiary/aromatic N) is 1. The molecule has 0 spiro atoms. The number of fused-ring (bicyclic) bond motifs is 2. The van der Waals surface area contributed by atoms with Gasteiger partial charge in [-0.15, -0.1) is 0 Å². The summed E-state index contributed by atoms with van der Waals surface area (Å²) >= 11 is 0. The Hall–Kier alpha value is -3.99. The van der Waals surface area contributed by atoms with Crippen molar-refractivity contribution in [1.82, 2.24) is 4.90 Å². The predicted molar refractivity (Wildman–Crippen MR) is 142 cm³/mol. The van der Waals surface area contributed by atoms with E-state index in [0.717, 1.165) is 45.2 Å². The SMILES string of the molecule is COc1cc2c(cc1OC)[C@@H](COc1cc(C)cc(C)c1)N(C(=O)c1cccc3ccccc13)CC2. The lowest BCUT2D eigenvalue weighted by Crippen LogP contribution is -2.42. The van der Waals surface area contributed by atoms with E-state index in [4.69, 9.17) is 14.2 Å². The number of ether oxygens (including phenoxy) is 3. The summed E-state index contributed by atoms with van der Waals surface area (Å²) < 4.78 is 17.5. The first-order valence-corrected chi connectivity index (χ1v) is 12.2. The molecule has 5 rings (SSSR count). The Labute approximate surface area is 212 Å². The average molecular weight is 482 g/mol. The maximum atomic E-state index is 14.0. The van der Waals surface area contributed by atoms with E-state index in [9.17, 15) is 4.79 Å². The van der Waals surface area contributed by atoms with E-state index in [0.29, 0.717) is 30.2 Å². The summed E-state index contributed by atoms with van der Waals surface area (Å²) in [6, 6.07) is 23.8. The van der Waals surface area contributed by atoms with Crippen LogP contribution in [-0.4, -0.2) is 38.2 Å². The molecule has 0 radical (unpaired) electrons. The van der Waals surface area contributed by atoms with Crippen molar-refractivity contribution in [2.45, 2.75) is 26.3 Å². The van der Waals surface area contributed by atoms with Crippen LogP contribution in [0.1, 0.15) is 38.7 Å². The molecule has 0 N–H and O–H groups in total. The molecular formula is C31H31NO4. The van der Waals surface area contributed by atoms with E-state index in [1.165, 1.54) is 0 Å². The third-order valence-electron chi connectivity index (χ3n) is 6.89. The van der Waals surface area contributed by atoms with Crippen molar-refractivity contribution in [3.05, 3.63) is 101 Å². The molecule has 0 saturated heterocycles. The van der Waals surface area contributed by atoms with E-state index in [1.807, 2.05) is 71.6 Å². The number of hydrogen-bond donors (Lipinski definition) is 0. The highest BCUT2D eigenvalue weighted by molar-refractivity contribution is 6.07. The van der Waals surface area contributed by atoms with Gasteiger partial charge in [-0.1, -0.05) is 42.5 Å². The van der Waals surface area contributed by atoms with Crippen LogP contribution in [0, 0.1) is 13.8 Å². The van der Waals surface area contributed by atoms with Gasteiger partial charge in [-0.25, -0.2) is 0 Å². The third-order valence-corrected chi connectivity index (χ3v) is 6.89. The zero-order valence-electron chi connectivity index (χ0n) is 21.2. The standard InChI is InChI=1S/C31H31NO4/c1-20-14-21(2)16-24(15-20)36-19-28-27-18-30(35-4)29(34-3)17-23(27)12-13-32(28)31(33)26-11-7-9-22-8-5-6-10-25(22)26/h5-11,14-18,28H,12-13,19H2,1-4H3/t28-/m1/s1. The van der Waals surface area contributed by atoms with E-state index in [1.54, 1.807) is 14.2 Å².